The van der Waals surface area contributed by atoms with Crippen LogP contribution in [-0.4, -0.2) is 47.8 Å². The van der Waals surface area contributed by atoms with Crippen LogP contribution in [-0.2, 0) is 4.79 Å². The van der Waals surface area contributed by atoms with Gasteiger partial charge in [0, 0.05) is 7.05 Å². The standard InChI is InChI=1S/C22H18Cl2N2O5S/c1-4-7-31-19-16(24)8-12(9-17(19)30-3)10-18-20(27)26(2)22(32-18)25-13-5-6-15(23)14(11-13)21(28)29/h4-6,8-11H,1,7H2,2-3H3,(H,28,29)/b18-10+,25-22?. The molecule has 0 bridgehead atoms. The number of nitrogens with zero attached hydrogens (tertiary/aromatic N) is 2. The van der Waals surface area contributed by atoms with E-state index in [1.165, 1.54) is 24.1 Å². The number of ether oxygens (including phenoxy) is 2. The van der Waals surface area contributed by atoms with Crippen LogP contribution in [0.3, 0.4) is 0 Å². The SMILES string of the molecule is C=CCOc1c(Cl)cc(/C=C2/SC(=Nc3ccc(Cl)c(C(=O)O)c3)N(C)C2=O)cc1OC. The average molecular weight is 493 g/mol. The van der Waals surface area contributed by atoms with Crippen LogP contribution >= 0.6 is 35.0 Å². The first-order valence-corrected chi connectivity index (χ1v) is 10.7. The number of rotatable bonds is 7. The number of carboxylic acids is 1. The van der Waals surface area contributed by atoms with Gasteiger partial charge in [0.1, 0.15) is 6.61 Å². The lowest BCUT2D eigenvalue weighted by molar-refractivity contribution is -0.121. The van der Waals surface area contributed by atoms with Gasteiger partial charge in [-0.05, 0) is 53.7 Å². The van der Waals surface area contributed by atoms with Crippen LogP contribution in [0.15, 0.2) is 52.9 Å². The highest BCUT2D eigenvalue weighted by Crippen LogP contribution is 2.39. The van der Waals surface area contributed by atoms with Crippen molar-refractivity contribution < 1.29 is 24.2 Å². The van der Waals surface area contributed by atoms with E-state index >= 15 is 0 Å². The first-order valence-electron chi connectivity index (χ1n) is 9.15. The maximum Gasteiger partial charge on any atom is 0.337 e. The van der Waals surface area contributed by atoms with Crippen molar-refractivity contribution in [2.45, 2.75) is 0 Å². The minimum atomic E-state index is -1.16. The van der Waals surface area contributed by atoms with Crippen LogP contribution < -0.4 is 9.47 Å². The second kappa shape index (κ2) is 10.1. The number of carbonyl (C=O) groups excluding carboxylic acids is 1. The van der Waals surface area contributed by atoms with Gasteiger partial charge in [-0.3, -0.25) is 9.69 Å². The number of carboxylic acid groups (broad SMARTS) is 1. The normalized spacial score (nSPS) is 16.0. The number of aliphatic imine (C=N–C) groups is 1. The van der Waals surface area contributed by atoms with Gasteiger partial charge in [0.25, 0.3) is 5.91 Å². The predicted octanol–water partition coefficient (Wildman–Crippen LogP) is 5.50. The highest BCUT2D eigenvalue weighted by Gasteiger charge is 2.30. The molecule has 7 nitrogen and oxygen atoms in total. The molecule has 0 saturated carbocycles. The Morgan fingerprint density at radius 2 is 2.03 bits per heavy atom. The molecule has 1 heterocycles. The number of amides is 1. The monoisotopic (exact) mass is 492 g/mol. The highest BCUT2D eigenvalue weighted by molar-refractivity contribution is 8.18. The minimum absolute atomic E-state index is 0.0678. The fourth-order valence-electron chi connectivity index (χ4n) is 2.77. The van der Waals surface area contributed by atoms with Crippen molar-refractivity contribution in [3.63, 3.8) is 0 Å². The molecular formula is C22H18Cl2N2O5S. The number of thioether (sulfide) groups is 1. The summed E-state index contributed by atoms with van der Waals surface area (Å²) in [6.07, 6.45) is 3.26. The molecule has 1 aliphatic heterocycles. The molecule has 2 aromatic carbocycles. The number of halogens is 2. The van der Waals surface area contributed by atoms with Gasteiger partial charge in [0.15, 0.2) is 16.7 Å². The number of benzene rings is 2. The number of amidine groups is 1. The second-order valence-electron chi connectivity index (χ2n) is 6.47. The van der Waals surface area contributed by atoms with Crippen molar-refractivity contribution in [1.29, 1.82) is 0 Å². The van der Waals surface area contributed by atoms with E-state index in [0.29, 0.717) is 37.8 Å². The van der Waals surface area contributed by atoms with Gasteiger partial charge in [0.2, 0.25) is 0 Å². The van der Waals surface area contributed by atoms with E-state index in [9.17, 15) is 14.7 Å². The van der Waals surface area contributed by atoms with E-state index in [1.54, 1.807) is 37.4 Å². The van der Waals surface area contributed by atoms with Gasteiger partial charge in [-0.1, -0.05) is 35.9 Å². The molecule has 0 radical (unpaired) electrons. The van der Waals surface area contributed by atoms with Gasteiger partial charge in [0.05, 0.1) is 33.3 Å². The van der Waals surface area contributed by atoms with Crippen LogP contribution in [0.5, 0.6) is 11.5 Å². The number of hydrogen-bond donors (Lipinski definition) is 1. The maximum atomic E-state index is 12.7. The zero-order chi connectivity index (χ0) is 23.4. The van der Waals surface area contributed by atoms with Crippen molar-refractivity contribution in [3.05, 3.63) is 69.1 Å². The summed E-state index contributed by atoms with van der Waals surface area (Å²) in [6, 6.07) is 7.75. The summed E-state index contributed by atoms with van der Waals surface area (Å²) in [6.45, 7) is 3.87. The summed E-state index contributed by atoms with van der Waals surface area (Å²) in [5, 5.41) is 10.1. The molecule has 0 aromatic heterocycles. The largest absolute Gasteiger partial charge is 0.493 e. The molecule has 1 amide bonds. The van der Waals surface area contributed by atoms with Crippen LogP contribution in [0.1, 0.15) is 15.9 Å². The number of likely N-dealkylation sites (N-methyl/N-ethyl adjacent to an activating group) is 1. The summed E-state index contributed by atoms with van der Waals surface area (Å²) >= 11 is 13.4. The predicted molar refractivity (Wildman–Crippen MR) is 128 cm³/mol. The molecule has 2 aromatic rings. The Labute approximate surface area is 198 Å². The molecule has 0 aliphatic carbocycles. The lowest BCUT2D eigenvalue weighted by Gasteiger charge is -2.12. The molecule has 1 fully saturated rings. The molecule has 0 spiro atoms. The van der Waals surface area contributed by atoms with E-state index in [-0.39, 0.29) is 23.1 Å². The Morgan fingerprint density at radius 1 is 1.28 bits per heavy atom. The van der Waals surface area contributed by atoms with Gasteiger partial charge >= 0.3 is 5.97 Å². The second-order valence-corrected chi connectivity index (χ2v) is 8.30. The third-order valence-electron chi connectivity index (χ3n) is 4.30. The van der Waals surface area contributed by atoms with Crippen molar-refractivity contribution in [2.75, 3.05) is 20.8 Å². The van der Waals surface area contributed by atoms with Crippen molar-refractivity contribution in [2.24, 2.45) is 4.99 Å². The van der Waals surface area contributed by atoms with Crippen LogP contribution in [0.25, 0.3) is 6.08 Å². The number of methoxy groups -OCH3 is 1. The fraction of sp³-hybridized carbons (Fsp3) is 0.136. The van der Waals surface area contributed by atoms with E-state index in [2.05, 4.69) is 11.6 Å². The number of hydrogen-bond acceptors (Lipinski definition) is 6. The molecule has 0 unspecified atom stereocenters. The van der Waals surface area contributed by atoms with E-state index < -0.39 is 5.97 Å². The Balaban J connectivity index is 1.93. The number of carbonyl (C=O) groups is 2. The summed E-state index contributed by atoms with van der Waals surface area (Å²) in [7, 11) is 3.08. The molecule has 32 heavy (non-hydrogen) atoms. The van der Waals surface area contributed by atoms with E-state index in [4.69, 9.17) is 32.7 Å². The lowest BCUT2D eigenvalue weighted by atomic mass is 10.2. The first kappa shape index (κ1) is 23.7. The topological polar surface area (TPSA) is 88.4 Å². The molecule has 1 aliphatic rings. The molecule has 1 saturated heterocycles. The van der Waals surface area contributed by atoms with E-state index in [0.717, 1.165) is 11.8 Å². The van der Waals surface area contributed by atoms with Gasteiger partial charge in [-0.2, -0.15) is 0 Å². The zero-order valence-corrected chi connectivity index (χ0v) is 19.4. The van der Waals surface area contributed by atoms with Crippen molar-refractivity contribution in [3.8, 4) is 11.5 Å². The molecule has 3 rings (SSSR count). The zero-order valence-electron chi connectivity index (χ0n) is 17.1. The van der Waals surface area contributed by atoms with Gasteiger partial charge in [-0.25, -0.2) is 9.79 Å². The third kappa shape index (κ3) is 5.09. The molecule has 10 heteroatoms. The van der Waals surface area contributed by atoms with Crippen LogP contribution in [0.2, 0.25) is 10.0 Å². The maximum absolute atomic E-state index is 12.7. The van der Waals surface area contributed by atoms with E-state index in [1.807, 2.05) is 0 Å². The summed E-state index contributed by atoms with van der Waals surface area (Å²) in [5.41, 5.74) is 0.938. The summed E-state index contributed by atoms with van der Waals surface area (Å²) in [5.74, 6) is -0.611. The molecule has 166 valence electrons. The first-order chi connectivity index (χ1) is 15.2. The molecule has 0 atom stereocenters. The van der Waals surface area contributed by atoms with Crippen molar-refractivity contribution >= 4 is 63.8 Å². The Morgan fingerprint density at radius 3 is 2.69 bits per heavy atom. The highest BCUT2D eigenvalue weighted by atomic mass is 35.5. The average Bonchev–Trinajstić information content (AvgIpc) is 3.01. The third-order valence-corrected chi connectivity index (χ3v) is 5.97. The Kier molecular flexibility index (Phi) is 7.50. The molecule has 1 N–H and O–H groups in total. The van der Waals surface area contributed by atoms with Gasteiger partial charge < -0.3 is 14.6 Å². The van der Waals surface area contributed by atoms with Crippen molar-refractivity contribution in [1.82, 2.24) is 4.90 Å². The van der Waals surface area contributed by atoms with Gasteiger partial charge in [-0.15, -0.1) is 0 Å². The van der Waals surface area contributed by atoms with Crippen LogP contribution in [0, 0.1) is 0 Å². The molecular weight excluding hydrogens is 475 g/mol. The number of aromatic carboxylic acids is 1. The minimum Gasteiger partial charge on any atom is -0.493 e. The lowest BCUT2D eigenvalue weighted by Crippen LogP contribution is -2.23. The quantitative estimate of drug-likeness (QED) is 0.405. The summed E-state index contributed by atoms with van der Waals surface area (Å²) in [4.78, 5) is 30.2. The smallest absolute Gasteiger partial charge is 0.337 e. The Hall–Kier alpha value is -2.94. The Bertz CT molecular complexity index is 1160. The van der Waals surface area contributed by atoms with Crippen LogP contribution in [0.4, 0.5) is 5.69 Å². The summed E-state index contributed by atoms with van der Waals surface area (Å²) < 4.78 is 10.9. The fourth-order valence-corrected chi connectivity index (χ4v) is 4.22.